The fourth-order valence-corrected chi connectivity index (χ4v) is 2.99. The van der Waals surface area contributed by atoms with Crippen LogP contribution >= 0.6 is 0 Å². The SMILES string of the molecule is CCCNC(CC)CCCN1CCCC1CC. The molecule has 1 rings (SSSR count). The molecule has 0 aromatic rings. The van der Waals surface area contributed by atoms with Crippen LogP contribution in [-0.4, -0.2) is 36.6 Å². The van der Waals surface area contributed by atoms with E-state index in [1.807, 2.05) is 0 Å². The molecule has 0 radical (unpaired) electrons. The molecule has 0 saturated carbocycles. The fourth-order valence-electron chi connectivity index (χ4n) is 2.99. The second-order valence-corrected chi connectivity index (χ2v) is 5.44. The Morgan fingerprint density at radius 3 is 2.76 bits per heavy atom. The highest BCUT2D eigenvalue weighted by molar-refractivity contribution is 4.78. The number of likely N-dealkylation sites (tertiary alicyclic amines) is 1. The molecule has 0 aromatic heterocycles. The Bertz CT molecular complexity index is 182. The van der Waals surface area contributed by atoms with Crippen LogP contribution in [-0.2, 0) is 0 Å². The number of nitrogens with zero attached hydrogens (tertiary/aromatic N) is 1. The van der Waals surface area contributed by atoms with E-state index in [0.29, 0.717) is 0 Å². The molecule has 2 unspecified atom stereocenters. The summed E-state index contributed by atoms with van der Waals surface area (Å²) in [5.74, 6) is 0. The van der Waals surface area contributed by atoms with Gasteiger partial charge in [-0.25, -0.2) is 0 Å². The second kappa shape index (κ2) is 8.93. The van der Waals surface area contributed by atoms with Gasteiger partial charge in [0.2, 0.25) is 0 Å². The van der Waals surface area contributed by atoms with Gasteiger partial charge in [0.25, 0.3) is 0 Å². The fraction of sp³-hybridized carbons (Fsp3) is 1.00. The van der Waals surface area contributed by atoms with Crippen LogP contribution in [0.2, 0.25) is 0 Å². The minimum absolute atomic E-state index is 0.748. The largest absolute Gasteiger partial charge is 0.314 e. The van der Waals surface area contributed by atoms with Gasteiger partial charge in [-0.1, -0.05) is 20.8 Å². The van der Waals surface area contributed by atoms with Crippen LogP contribution in [0.5, 0.6) is 0 Å². The van der Waals surface area contributed by atoms with E-state index in [9.17, 15) is 0 Å². The van der Waals surface area contributed by atoms with Crippen molar-refractivity contribution in [1.82, 2.24) is 10.2 Å². The van der Waals surface area contributed by atoms with Crippen molar-refractivity contribution >= 4 is 0 Å². The van der Waals surface area contributed by atoms with E-state index in [0.717, 1.165) is 12.1 Å². The van der Waals surface area contributed by atoms with Crippen molar-refractivity contribution in [3.63, 3.8) is 0 Å². The first kappa shape index (κ1) is 15.0. The highest BCUT2D eigenvalue weighted by Crippen LogP contribution is 2.20. The predicted octanol–water partition coefficient (Wildman–Crippen LogP) is 3.42. The summed E-state index contributed by atoms with van der Waals surface area (Å²) in [5.41, 5.74) is 0. The lowest BCUT2D eigenvalue weighted by molar-refractivity contribution is 0.238. The van der Waals surface area contributed by atoms with E-state index < -0.39 is 0 Å². The maximum Gasteiger partial charge on any atom is 0.00931 e. The van der Waals surface area contributed by atoms with Crippen LogP contribution in [0, 0.1) is 0 Å². The molecule has 2 heteroatoms. The smallest absolute Gasteiger partial charge is 0.00931 e. The maximum absolute atomic E-state index is 3.65. The monoisotopic (exact) mass is 240 g/mol. The van der Waals surface area contributed by atoms with Crippen LogP contribution in [0.4, 0.5) is 0 Å². The number of nitrogens with one attached hydrogen (secondary N) is 1. The third-order valence-electron chi connectivity index (χ3n) is 4.14. The van der Waals surface area contributed by atoms with Gasteiger partial charge in [0.05, 0.1) is 0 Å². The van der Waals surface area contributed by atoms with Crippen LogP contribution < -0.4 is 5.32 Å². The Morgan fingerprint density at radius 2 is 2.12 bits per heavy atom. The zero-order chi connectivity index (χ0) is 12.5. The molecule has 0 spiro atoms. The summed E-state index contributed by atoms with van der Waals surface area (Å²) in [6.07, 6.45) is 9.43. The Morgan fingerprint density at radius 1 is 1.29 bits per heavy atom. The zero-order valence-electron chi connectivity index (χ0n) is 12.2. The van der Waals surface area contributed by atoms with Gasteiger partial charge in [0, 0.05) is 12.1 Å². The van der Waals surface area contributed by atoms with Crippen molar-refractivity contribution in [2.45, 2.75) is 77.8 Å². The summed E-state index contributed by atoms with van der Waals surface area (Å²) >= 11 is 0. The first-order valence-corrected chi connectivity index (χ1v) is 7.79. The van der Waals surface area contributed by atoms with E-state index in [-0.39, 0.29) is 0 Å². The van der Waals surface area contributed by atoms with E-state index in [1.54, 1.807) is 0 Å². The molecule has 1 aliphatic rings. The molecule has 1 heterocycles. The molecule has 0 aliphatic carbocycles. The Balaban J connectivity index is 2.12. The molecule has 1 N–H and O–H groups in total. The van der Waals surface area contributed by atoms with Gasteiger partial charge >= 0.3 is 0 Å². The number of hydrogen-bond acceptors (Lipinski definition) is 2. The molecular weight excluding hydrogens is 208 g/mol. The highest BCUT2D eigenvalue weighted by Gasteiger charge is 2.22. The molecule has 2 atom stereocenters. The normalized spacial score (nSPS) is 23.1. The molecular formula is C15H32N2. The summed E-state index contributed by atoms with van der Waals surface area (Å²) in [6, 6.07) is 1.64. The number of rotatable bonds is 9. The Hall–Kier alpha value is -0.0800. The lowest BCUT2D eigenvalue weighted by Crippen LogP contribution is -2.33. The molecule has 0 bridgehead atoms. The van der Waals surface area contributed by atoms with Crippen molar-refractivity contribution in [3.8, 4) is 0 Å². The minimum Gasteiger partial charge on any atom is -0.314 e. The van der Waals surface area contributed by atoms with Crippen molar-refractivity contribution in [2.24, 2.45) is 0 Å². The van der Waals surface area contributed by atoms with Crippen molar-refractivity contribution in [2.75, 3.05) is 19.6 Å². The van der Waals surface area contributed by atoms with Gasteiger partial charge in [0.1, 0.15) is 0 Å². The minimum atomic E-state index is 0.748. The summed E-state index contributed by atoms with van der Waals surface area (Å²) in [5, 5.41) is 3.65. The molecule has 1 fully saturated rings. The maximum atomic E-state index is 3.65. The molecule has 1 aliphatic heterocycles. The average molecular weight is 240 g/mol. The molecule has 1 saturated heterocycles. The summed E-state index contributed by atoms with van der Waals surface area (Å²) in [6.45, 7) is 10.7. The molecule has 0 aromatic carbocycles. The van der Waals surface area contributed by atoms with Crippen LogP contribution in [0.25, 0.3) is 0 Å². The van der Waals surface area contributed by atoms with E-state index in [4.69, 9.17) is 0 Å². The Kier molecular flexibility index (Phi) is 7.87. The standard InChI is InChI=1S/C15H32N2/c1-4-11-16-14(5-2)9-7-12-17-13-8-10-15(17)6-3/h14-16H,4-13H2,1-3H3. The lowest BCUT2D eigenvalue weighted by atomic mass is 10.1. The van der Waals surface area contributed by atoms with Crippen molar-refractivity contribution in [1.29, 1.82) is 0 Å². The van der Waals surface area contributed by atoms with Gasteiger partial charge in [-0.3, -0.25) is 0 Å². The quantitative estimate of drug-likeness (QED) is 0.664. The van der Waals surface area contributed by atoms with Gasteiger partial charge in [-0.05, 0) is 64.6 Å². The van der Waals surface area contributed by atoms with Crippen LogP contribution in [0.1, 0.15) is 65.7 Å². The zero-order valence-corrected chi connectivity index (χ0v) is 12.2. The van der Waals surface area contributed by atoms with E-state index in [1.165, 1.54) is 64.6 Å². The first-order valence-electron chi connectivity index (χ1n) is 7.79. The first-order chi connectivity index (χ1) is 8.31. The molecule has 0 amide bonds. The van der Waals surface area contributed by atoms with Crippen molar-refractivity contribution in [3.05, 3.63) is 0 Å². The van der Waals surface area contributed by atoms with Crippen LogP contribution in [0.3, 0.4) is 0 Å². The molecule has 2 nitrogen and oxygen atoms in total. The van der Waals surface area contributed by atoms with Gasteiger partial charge in [-0.15, -0.1) is 0 Å². The molecule has 17 heavy (non-hydrogen) atoms. The van der Waals surface area contributed by atoms with Crippen LogP contribution in [0.15, 0.2) is 0 Å². The summed E-state index contributed by atoms with van der Waals surface area (Å²) in [4.78, 5) is 2.71. The van der Waals surface area contributed by atoms with E-state index in [2.05, 4.69) is 31.0 Å². The lowest BCUT2D eigenvalue weighted by Gasteiger charge is -2.24. The van der Waals surface area contributed by atoms with E-state index >= 15 is 0 Å². The van der Waals surface area contributed by atoms with Crippen molar-refractivity contribution < 1.29 is 0 Å². The van der Waals surface area contributed by atoms with Gasteiger partial charge in [-0.2, -0.15) is 0 Å². The third-order valence-corrected chi connectivity index (χ3v) is 4.14. The summed E-state index contributed by atoms with van der Waals surface area (Å²) in [7, 11) is 0. The predicted molar refractivity (Wildman–Crippen MR) is 76.5 cm³/mol. The summed E-state index contributed by atoms with van der Waals surface area (Å²) < 4.78 is 0. The van der Waals surface area contributed by atoms with Gasteiger partial charge in [0.15, 0.2) is 0 Å². The molecule has 102 valence electrons. The highest BCUT2D eigenvalue weighted by atomic mass is 15.2. The Labute approximate surface area is 108 Å². The number of hydrogen-bond donors (Lipinski definition) is 1. The topological polar surface area (TPSA) is 15.3 Å². The second-order valence-electron chi connectivity index (χ2n) is 5.44. The average Bonchev–Trinajstić information content (AvgIpc) is 2.81. The van der Waals surface area contributed by atoms with Gasteiger partial charge < -0.3 is 10.2 Å². The third kappa shape index (κ3) is 5.39.